The van der Waals surface area contributed by atoms with Crippen molar-refractivity contribution in [3.63, 3.8) is 0 Å². The van der Waals surface area contributed by atoms with Gasteiger partial charge in [-0.1, -0.05) is 30.3 Å². The third-order valence-electron chi connectivity index (χ3n) is 6.39. The molecule has 2 aliphatic heterocycles. The fourth-order valence-corrected chi connectivity index (χ4v) is 4.65. The highest BCUT2D eigenvalue weighted by atomic mass is 16.5. The van der Waals surface area contributed by atoms with Crippen LogP contribution in [0.2, 0.25) is 0 Å². The lowest BCUT2D eigenvalue weighted by Crippen LogP contribution is -2.53. The predicted octanol–water partition coefficient (Wildman–Crippen LogP) is 3.89. The van der Waals surface area contributed by atoms with E-state index in [1.54, 1.807) is 0 Å². The largest absolute Gasteiger partial charge is 0.477 e. The molecule has 7 heteroatoms. The van der Waals surface area contributed by atoms with Crippen molar-refractivity contribution < 1.29 is 18.7 Å². The number of carbonyl (C=O) groups excluding carboxylic acids is 2. The van der Waals surface area contributed by atoms with Gasteiger partial charge < -0.3 is 24.3 Å². The number of benzene rings is 2. The minimum atomic E-state index is -0.612. The first-order chi connectivity index (χ1) is 16.1. The number of ether oxygens (including phenoxy) is 1. The first-order valence-corrected chi connectivity index (χ1v) is 11.7. The van der Waals surface area contributed by atoms with Gasteiger partial charge in [0.05, 0.1) is 24.8 Å². The van der Waals surface area contributed by atoms with E-state index in [9.17, 15) is 9.59 Å². The average molecular weight is 448 g/mol. The molecular weight excluding hydrogens is 418 g/mol. The molecule has 0 bridgehead atoms. The van der Waals surface area contributed by atoms with E-state index in [1.807, 2.05) is 71.3 Å². The second-order valence-corrected chi connectivity index (χ2v) is 8.82. The number of carbonyl (C=O) groups is 2. The van der Waals surface area contributed by atoms with Gasteiger partial charge in [0.25, 0.3) is 5.91 Å². The van der Waals surface area contributed by atoms with Crippen LogP contribution in [0.3, 0.4) is 0 Å². The van der Waals surface area contributed by atoms with E-state index in [1.165, 1.54) is 0 Å². The second kappa shape index (κ2) is 9.17. The van der Waals surface area contributed by atoms with E-state index in [0.717, 1.165) is 49.0 Å². The number of furan rings is 1. The lowest BCUT2D eigenvalue weighted by molar-refractivity contribution is -0.139. The standard InChI is InChI=1S/C26H29N3O4/c1-18(23-15-19-9-3-5-11-21(19)32-23)27-25(30)17-29-16-24(26(31)28-13-7-2-8-14-28)33-22-12-6-4-10-20(22)29/h3-6,9-12,15,18,24H,2,7-8,13-14,16-17H2,1H3,(H,27,30)/t18-,24-/m1/s1. The van der Waals surface area contributed by atoms with Crippen LogP contribution in [0.15, 0.2) is 59.0 Å². The molecule has 0 aliphatic carbocycles. The maximum atomic E-state index is 13.1. The number of hydrogen-bond donors (Lipinski definition) is 1. The Kier molecular flexibility index (Phi) is 5.94. The second-order valence-electron chi connectivity index (χ2n) is 8.82. The van der Waals surface area contributed by atoms with Crippen molar-refractivity contribution in [2.24, 2.45) is 0 Å². The van der Waals surface area contributed by atoms with Crippen molar-refractivity contribution in [2.75, 3.05) is 31.1 Å². The molecule has 1 fully saturated rings. The Morgan fingerprint density at radius 2 is 1.82 bits per heavy atom. The summed E-state index contributed by atoms with van der Waals surface area (Å²) in [5, 5.41) is 4.04. The van der Waals surface area contributed by atoms with E-state index in [0.29, 0.717) is 18.1 Å². The molecule has 2 aliphatic rings. The average Bonchev–Trinajstić information content (AvgIpc) is 3.29. The molecule has 2 aromatic carbocycles. The van der Waals surface area contributed by atoms with E-state index in [2.05, 4.69) is 5.32 Å². The van der Waals surface area contributed by atoms with Crippen molar-refractivity contribution >= 4 is 28.5 Å². The third-order valence-corrected chi connectivity index (χ3v) is 6.39. The molecule has 7 nitrogen and oxygen atoms in total. The van der Waals surface area contributed by atoms with Gasteiger partial charge in [-0.05, 0) is 50.5 Å². The Balaban J connectivity index is 1.28. The first-order valence-electron chi connectivity index (χ1n) is 11.7. The van der Waals surface area contributed by atoms with Gasteiger partial charge in [0.2, 0.25) is 5.91 Å². The number of nitrogens with one attached hydrogen (secondary N) is 1. The number of para-hydroxylation sites is 3. The fraction of sp³-hybridized carbons (Fsp3) is 0.385. The van der Waals surface area contributed by atoms with Crippen LogP contribution in [-0.4, -0.2) is 49.0 Å². The fourth-order valence-electron chi connectivity index (χ4n) is 4.65. The summed E-state index contributed by atoms with van der Waals surface area (Å²) < 4.78 is 12.0. The van der Waals surface area contributed by atoms with Crippen LogP contribution >= 0.6 is 0 Å². The maximum absolute atomic E-state index is 13.1. The summed E-state index contributed by atoms with van der Waals surface area (Å²) in [7, 11) is 0. The zero-order chi connectivity index (χ0) is 22.8. The van der Waals surface area contributed by atoms with Gasteiger partial charge in [0.1, 0.15) is 17.1 Å². The van der Waals surface area contributed by atoms with E-state index >= 15 is 0 Å². The SMILES string of the molecule is C[C@@H](NC(=O)CN1C[C@H](C(=O)N2CCCCC2)Oc2ccccc21)c1cc2ccccc2o1. The minimum absolute atomic E-state index is 0.00487. The first kappa shape index (κ1) is 21.4. The summed E-state index contributed by atoms with van der Waals surface area (Å²) >= 11 is 0. The summed E-state index contributed by atoms with van der Waals surface area (Å²) in [4.78, 5) is 29.9. The van der Waals surface area contributed by atoms with Crippen molar-refractivity contribution in [2.45, 2.75) is 38.3 Å². The minimum Gasteiger partial charge on any atom is -0.477 e. The molecule has 2 atom stereocenters. The maximum Gasteiger partial charge on any atom is 0.265 e. The number of rotatable bonds is 5. The number of likely N-dealkylation sites (tertiary alicyclic amines) is 1. The molecule has 172 valence electrons. The van der Waals surface area contributed by atoms with Gasteiger partial charge in [-0.25, -0.2) is 0 Å². The molecule has 3 heterocycles. The molecule has 0 unspecified atom stereocenters. The molecule has 2 amide bonds. The Labute approximate surface area is 193 Å². The van der Waals surface area contributed by atoms with Gasteiger partial charge in [-0.15, -0.1) is 0 Å². The smallest absolute Gasteiger partial charge is 0.265 e. The zero-order valence-electron chi connectivity index (χ0n) is 18.8. The third kappa shape index (κ3) is 4.53. The Hall–Kier alpha value is -3.48. The van der Waals surface area contributed by atoms with Crippen LogP contribution in [0.25, 0.3) is 11.0 Å². The van der Waals surface area contributed by atoms with Crippen LogP contribution in [-0.2, 0) is 9.59 Å². The summed E-state index contributed by atoms with van der Waals surface area (Å²) in [6.07, 6.45) is 2.61. The molecule has 0 radical (unpaired) electrons. The van der Waals surface area contributed by atoms with Crippen molar-refractivity contribution in [3.8, 4) is 5.75 Å². The van der Waals surface area contributed by atoms with Crippen molar-refractivity contribution in [3.05, 3.63) is 60.4 Å². The van der Waals surface area contributed by atoms with Crippen molar-refractivity contribution in [1.29, 1.82) is 0 Å². The van der Waals surface area contributed by atoms with E-state index in [-0.39, 0.29) is 24.4 Å². The lowest BCUT2D eigenvalue weighted by Gasteiger charge is -2.38. The normalized spacial score (nSPS) is 19.0. The highest BCUT2D eigenvalue weighted by Crippen LogP contribution is 2.33. The zero-order valence-corrected chi connectivity index (χ0v) is 18.8. The van der Waals surface area contributed by atoms with Gasteiger partial charge in [0, 0.05) is 18.5 Å². The highest BCUT2D eigenvalue weighted by Gasteiger charge is 2.34. The van der Waals surface area contributed by atoms with Crippen LogP contribution < -0.4 is 15.0 Å². The molecule has 0 saturated carbocycles. The predicted molar refractivity (Wildman–Crippen MR) is 126 cm³/mol. The quantitative estimate of drug-likeness (QED) is 0.642. The molecule has 0 spiro atoms. The van der Waals surface area contributed by atoms with Crippen LogP contribution in [0, 0.1) is 0 Å². The number of nitrogens with zero attached hydrogens (tertiary/aromatic N) is 2. The molecule has 1 N–H and O–H groups in total. The molecule has 33 heavy (non-hydrogen) atoms. The summed E-state index contributed by atoms with van der Waals surface area (Å²) in [6.45, 7) is 3.94. The number of fused-ring (bicyclic) bond motifs is 2. The van der Waals surface area contributed by atoms with E-state index in [4.69, 9.17) is 9.15 Å². The monoisotopic (exact) mass is 447 g/mol. The van der Waals surface area contributed by atoms with Crippen molar-refractivity contribution in [1.82, 2.24) is 10.2 Å². The topological polar surface area (TPSA) is 75.0 Å². The summed E-state index contributed by atoms with van der Waals surface area (Å²) in [5.41, 5.74) is 1.63. The highest BCUT2D eigenvalue weighted by molar-refractivity contribution is 5.86. The number of amides is 2. The Bertz CT molecular complexity index is 1120. The molecule has 3 aromatic rings. The van der Waals surface area contributed by atoms with E-state index < -0.39 is 6.10 Å². The van der Waals surface area contributed by atoms with Crippen LogP contribution in [0.1, 0.15) is 38.0 Å². The number of piperidine rings is 1. The number of anilines is 1. The molecule has 1 saturated heterocycles. The van der Waals surface area contributed by atoms with Gasteiger partial charge in [-0.3, -0.25) is 9.59 Å². The number of hydrogen-bond acceptors (Lipinski definition) is 5. The van der Waals surface area contributed by atoms with Crippen LogP contribution in [0.5, 0.6) is 5.75 Å². The molecule has 1 aromatic heterocycles. The Morgan fingerprint density at radius 3 is 2.64 bits per heavy atom. The molecule has 5 rings (SSSR count). The van der Waals surface area contributed by atoms with Gasteiger partial charge >= 0.3 is 0 Å². The molecular formula is C26H29N3O4. The van der Waals surface area contributed by atoms with Gasteiger partial charge in [0.15, 0.2) is 6.10 Å². The van der Waals surface area contributed by atoms with Gasteiger partial charge in [-0.2, -0.15) is 0 Å². The van der Waals surface area contributed by atoms with Crippen LogP contribution in [0.4, 0.5) is 5.69 Å². The summed E-state index contributed by atoms with van der Waals surface area (Å²) in [5.74, 6) is 1.22. The summed E-state index contributed by atoms with van der Waals surface area (Å²) in [6, 6.07) is 17.0. The lowest BCUT2D eigenvalue weighted by atomic mass is 10.1. The Morgan fingerprint density at radius 1 is 1.06 bits per heavy atom.